The molecule has 2 aromatic rings. The first-order chi connectivity index (χ1) is 13.6. The van der Waals surface area contributed by atoms with E-state index in [0.717, 1.165) is 53.5 Å². The smallest absolute Gasteiger partial charge is 0.349 e. The van der Waals surface area contributed by atoms with Gasteiger partial charge in [0.2, 0.25) is 0 Å². The fraction of sp³-hybridized carbons (Fsp3) is 0.375. The molecule has 28 heavy (non-hydrogen) atoms. The predicted octanol–water partition coefficient (Wildman–Crippen LogP) is 5.46. The minimum Gasteiger partial charge on any atom is -0.461 e. The van der Waals surface area contributed by atoms with E-state index < -0.39 is 5.97 Å². The number of hydrogen-bond donors (Lipinski definition) is 0. The van der Waals surface area contributed by atoms with Crippen molar-refractivity contribution in [3.63, 3.8) is 0 Å². The van der Waals surface area contributed by atoms with Gasteiger partial charge in [0, 0.05) is 23.5 Å². The van der Waals surface area contributed by atoms with Crippen LogP contribution in [0.4, 0.5) is 0 Å². The van der Waals surface area contributed by atoms with Gasteiger partial charge in [-0.3, -0.25) is 4.98 Å². The average molecular weight is 374 g/mol. The standard InChI is InChI=1S/C24H26N2O2/c1-4-6-9-17(5-2)15-28-24(27)20(12-25)23-19-11-8-7-10-18(19)22-16(3)13-26-14-21(22)23/h7-8,10-11,13-14,17H,4-6,9,15H2,1-3H3/b23-20-. The molecule has 4 nitrogen and oxygen atoms in total. The number of esters is 1. The molecule has 4 heteroatoms. The monoisotopic (exact) mass is 374 g/mol. The number of fused-ring (bicyclic) bond motifs is 3. The summed E-state index contributed by atoms with van der Waals surface area (Å²) in [6.45, 7) is 6.61. The minimum atomic E-state index is -0.545. The van der Waals surface area contributed by atoms with Crippen molar-refractivity contribution >= 4 is 11.5 Å². The van der Waals surface area contributed by atoms with Crippen molar-refractivity contribution in [2.75, 3.05) is 6.61 Å². The molecule has 0 N–H and O–H groups in total. The number of nitrogens with zero attached hydrogens (tertiary/aromatic N) is 2. The molecule has 0 amide bonds. The molecule has 1 unspecified atom stereocenters. The first-order valence-electron chi connectivity index (χ1n) is 9.98. The third-order valence-corrected chi connectivity index (χ3v) is 5.43. The van der Waals surface area contributed by atoms with Crippen molar-refractivity contribution in [2.45, 2.75) is 46.5 Å². The van der Waals surface area contributed by atoms with Gasteiger partial charge < -0.3 is 4.74 Å². The molecule has 1 aromatic carbocycles. The van der Waals surface area contributed by atoms with Gasteiger partial charge in [0.05, 0.1) is 6.61 Å². The molecule has 0 bridgehead atoms. The summed E-state index contributed by atoms with van der Waals surface area (Å²) in [5, 5.41) is 9.81. The second-order valence-electron chi connectivity index (χ2n) is 7.30. The zero-order chi connectivity index (χ0) is 20.1. The second-order valence-corrected chi connectivity index (χ2v) is 7.30. The Labute approximate surface area is 166 Å². The van der Waals surface area contributed by atoms with E-state index in [2.05, 4.69) is 24.9 Å². The molecule has 1 atom stereocenters. The van der Waals surface area contributed by atoms with E-state index in [1.807, 2.05) is 37.4 Å². The SMILES string of the molecule is CCCCC(CC)COC(=O)/C(C#N)=C1/c2ccccc2-c2c(C)cncc21. The maximum absolute atomic E-state index is 12.8. The number of carbonyl (C=O) groups excluding carboxylic acids is 1. The van der Waals surface area contributed by atoms with Crippen LogP contribution in [-0.4, -0.2) is 17.6 Å². The highest BCUT2D eigenvalue weighted by molar-refractivity contribution is 6.12. The molecule has 144 valence electrons. The number of nitriles is 1. The van der Waals surface area contributed by atoms with E-state index >= 15 is 0 Å². The van der Waals surface area contributed by atoms with Gasteiger partial charge in [-0.15, -0.1) is 0 Å². The third kappa shape index (κ3) is 3.71. The Balaban J connectivity index is 1.98. The van der Waals surface area contributed by atoms with Gasteiger partial charge in [-0.1, -0.05) is 57.4 Å². The lowest BCUT2D eigenvalue weighted by atomic mass is 9.99. The van der Waals surface area contributed by atoms with Crippen LogP contribution in [0.5, 0.6) is 0 Å². The average Bonchev–Trinajstić information content (AvgIpc) is 3.04. The predicted molar refractivity (Wildman–Crippen MR) is 110 cm³/mol. The normalized spacial score (nSPS) is 14.6. The summed E-state index contributed by atoms with van der Waals surface area (Å²) in [7, 11) is 0. The highest BCUT2D eigenvalue weighted by Gasteiger charge is 2.30. The lowest BCUT2D eigenvalue weighted by molar-refractivity contribution is -0.139. The van der Waals surface area contributed by atoms with E-state index in [-0.39, 0.29) is 5.57 Å². The minimum absolute atomic E-state index is 0.0592. The van der Waals surface area contributed by atoms with Crippen molar-refractivity contribution < 1.29 is 9.53 Å². The van der Waals surface area contributed by atoms with Crippen molar-refractivity contribution in [1.82, 2.24) is 4.98 Å². The number of unbranched alkanes of at least 4 members (excludes halogenated alkanes) is 1. The fourth-order valence-electron chi connectivity index (χ4n) is 3.81. The molecule has 1 aliphatic carbocycles. The summed E-state index contributed by atoms with van der Waals surface area (Å²) in [6.07, 6.45) is 7.78. The van der Waals surface area contributed by atoms with Crippen LogP contribution in [0.1, 0.15) is 56.2 Å². The highest BCUT2D eigenvalue weighted by atomic mass is 16.5. The molecule has 0 radical (unpaired) electrons. The van der Waals surface area contributed by atoms with Crippen molar-refractivity contribution in [2.24, 2.45) is 5.92 Å². The Hall–Kier alpha value is -2.93. The van der Waals surface area contributed by atoms with Gasteiger partial charge in [-0.05, 0) is 41.5 Å². The molecule has 3 rings (SSSR count). The van der Waals surface area contributed by atoms with Crippen LogP contribution in [-0.2, 0) is 9.53 Å². The lowest BCUT2D eigenvalue weighted by Gasteiger charge is -2.15. The van der Waals surface area contributed by atoms with E-state index in [1.165, 1.54) is 0 Å². The molecule has 0 aliphatic heterocycles. The first-order valence-corrected chi connectivity index (χ1v) is 9.98. The van der Waals surface area contributed by atoms with E-state index in [1.54, 1.807) is 6.20 Å². The summed E-state index contributed by atoms with van der Waals surface area (Å²) in [5.74, 6) is -0.211. The molecule has 1 heterocycles. The zero-order valence-corrected chi connectivity index (χ0v) is 16.8. The van der Waals surface area contributed by atoms with E-state index in [4.69, 9.17) is 4.74 Å². The van der Waals surface area contributed by atoms with Crippen molar-refractivity contribution in [3.8, 4) is 17.2 Å². The van der Waals surface area contributed by atoms with Crippen LogP contribution in [0.25, 0.3) is 16.7 Å². The lowest BCUT2D eigenvalue weighted by Crippen LogP contribution is -2.16. The Kier molecular flexibility index (Phi) is 6.26. The molecule has 1 aliphatic rings. The Bertz CT molecular complexity index is 953. The van der Waals surface area contributed by atoms with Crippen LogP contribution < -0.4 is 0 Å². The van der Waals surface area contributed by atoms with Crippen LogP contribution in [0.15, 0.2) is 42.2 Å². The topological polar surface area (TPSA) is 63.0 Å². The number of hydrogen-bond acceptors (Lipinski definition) is 4. The molecule has 0 spiro atoms. The van der Waals surface area contributed by atoms with Crippen LogP contribution in [0.2, 0.25) is 0 Å². The van der Waals surface area contributed by atoms with E-state index in [9.17, 15) is 10.1 Å². The summed E-state index contributed by atoms with van der Waals surface area (Å²) in [5.41, 5.74) is 5.50. The highest BCUT2D eigenvalue weighted by Crippen LogP contribution is 2.46. The van der Waals surface area contributed by atoms with Crippen LogP contribution in [0, 0.1) is 24.2 Å². The number of aryl methyl sites for hydroxylation is 1. The van der Waals surface area contributed by atoms with Gasteiger partial charge in [-0.2, -0.15) is 5.26 Å². The second kappa shape index (κ2) is 8.84. The Morgan fingerprint density at radius 1 is 1.18 bits per heavy atom. The summed E-state index contributed by atoms with van der Waals surface area (Å²) in [6, 6.07) is 9.97. The van der Waals surface area contributed by atoms with Crippen LogP contribution in [0.3, 0.4) is 0 Å². The molecule has 1 aromatic heterocycles. The Morgan fingerprint density at radius 2 is 1.93 bits per heavy atom. The van der Waals surface area contributed by atoms with Gasteiger partial charge in [0.1, 0.15) is 11.6 Å². The van der Waals surface area contributed by atoms with E-state index in [0.29, 0.717) is 18.1 Å². The van der Waals surface area contributed by atoms with Crippen molar-refractivity contribution in [3.05, 3.63) is 58.9 Å². The van der Waals surface area contributed by atoms with Gasteiger partial charge in [0.25, 0.3) is 0 Å². The molecular weight excluding hydrogens is 348 g/mol. The summed E-state index contributed by atoms with van der Waals surface area (Å²) in [4.78, 5) is 17.1. The maximum Gasteiger partial charge on any atom is 0.349 e. The zero-order valence-electron chi connectivity index (χ0n) is 16.8. The quantitative estimate of drug-likeness (QED) is 0.313. The molecular formula is C24H26N2O2. The summed E-state index contributed by atoms with van der Waals surface area (Å²) >= 11 is 0. The number of pyridine rings is 1. The first kappa shape index (κ1) is 19.8. The summed E-state index contributed by atoms with van der Waals surface area (Å²) < 4.78 is 5.58. The number of ether oxygens (including phenoxy) is 1. The molecule has 0 saturated carbocycles. The number of rotatable bonds is 7. The van der Waals surface area contributed by atoms with Gasteiger partial charge in [0.15, 0.2) is 0 Å². The molecule has 0 fully saturated rings. The number of carbonyl (C=O) groups is 1. The Morgan fingerprint density at radius 3 is 2.61 bits per heavy atom. The number of aromatic nitrogens is 1. The third-order valence-electron chi connectivity index (χ3n) is 5.43. The maximum atomic E-state index is 12.8. The molecule has 0 saturated heterocycles. The van der Waals surface area contributed by atoms with Gasteiger partial charge in [-0.25, -0.2) is 4.79 Å². The van der Waals surface area contributed by atoms with Crippen LogP contribution >= 0.6 is 0 Å². The number of benzene rings is 1. The largest absolute Gasteiger partial charge is 0.461 e. The van der Waals surface area contributed by atoms with Gasteiger partial charge >= 0.3 is 5.97 Å². The van der Waals surface area contributed by atoms with Crippen molar-refractivity contribution in [1.29, 1.82) is 5.26 Å². The fourth-order valence-corrected chi connectivity index (χ4v) is 3.81.